The average Bonchev–Trinajstić information content (AvgIpc) is 3.12. The normalized spacial score (nSPS) is 14.0. The van der Waals surface area contributed by atoms with Gasteiger partial charge in [0.05, 0.1) is 30.5 Å². The zero-order chi connectivity index (χ0) is 25.6. The first-order valence-electron chi connectivity index (χ1n) is 9.69. The van der Waals surface area contributed by atoms with Crippen molar-refractivity contribution >= 4 is 29.6 Å². The van der Waals surface area contributed by atoms with Gasteiger partial charge in [-0.25, -0.2) is 15.3 Å². The molecule has 1 aliphatic rings. The van der Waals surface area contributed by atoms with E-state index in [1.807, 2.05) is 13.8 Å². The first kappa shape index (κ1) is 35.8. The molecular weight excluding hydrogens is 850 g/mol. The van der Waals surface area contributed by atoms with E-state index in [0.29, 0.717) is 22.9 Å². The van der Waals surface area contributed by atoms with Gasteiger partial charge in [0.25, 0.3) is 5.91 Å². The van der Waals surface area contributed by atoms with Crippen molar-refractivity contribution in [3.05, 3.63) is 48.3 Å². The molecule has 189 valence electrons. The van der Waals surface area contributed by atoms with Gasteiger partial charge in [-0.3, -0.25) is 14.6 Å². The summed E-state index contributed by atoms with van der Waals surface area (Å²) in [5.74, 6) is -3.96. The Morgan fingerprint density at radius 3 is 2.41 bits per heavy atom. The number of carbonyl (C=O) groups is 2. The molecule has 2 rings (SSSR count). The molecule has 1 radical (unpaired) electrons. The molecule has 0 atom stereocenters. The Bertz CT molecular complexity index is 908. The van der Waals surface area contributed by atoms with Gasteiger partial charge < -0.3 is 15.0 Å². The van der Waals surface area contributed by atoms with Crippen molar-refractivity contribution in [1.29, 1.82) is 0 Å². The molecule has 0 saturated carbocycles. The van der Waals surface area contributed by atoms with E-state index >= 15 is 0 Å². The van der Waals surface area contributed by atoms with Crippen molar-refractivity contribution in [3.63, 3.8) is 0 Å². The molecule has 6 nitrogen and oxygen atoms in total. The maximum Gasteiger partial charge on any atom is 2.00 e. The second-order valence-electron chi connectivity index (χ2n) is 6.79. The number of carbonyl (C=O) groups excluding carboxylic acids is 2. The summed E-state index contributed by atoms with van der Waals surface area (Å²) in [4.78, 5) is 29.3. The topological polar surface area (TPSA) is 71.5 Å². The van der Waals surface area contributed by atoms with Gasteiger partial charge in [0, 0.05) is 18.9 Å². The Morgan fingerprint density at radius 2 is 2.00 bits per heavy atom. The number of alkyl halides is 2. The van der Waals surface area contributed by atoms with Crippen molar-refractivity contribution in [1.82, 2.24) is 15.2 Å². The van der Waals surface area contributed by atoms with Gasteiger partial charge >= 0.3 is 64.1 Å². The smallest absolute Gasteiger partial charge is 2.00 e. The van der Waals surface area contributed by atoms with Crippen LogP contribution in [0.1, 0.15) is 48.8 Å². The van der Waals surface area contributed by atoms with E-state index in [1.54, 1.807) is 26.2 Å². The molecule has 1 aliphatic heterocycles. The zero-order valence-electron chi connectivity index (χ0n) is 19.3. The van der Waals surface area contributed by atoms with E-state index in [-0.39, 0.29) is 25.1 Å². The fourth-order valence-corrected chi connectivity index (χ4v) is 2.36. The van der Waals surface area contributed by atoms with Crippen LogP contribution in [0, 0.1) is 6.54 Å². The Kier molecular flexibility index (Phi) is 19.8. The number of halogens is 3. The third kappa shape index (κ3) is 14.9. The van der Waals surface area contributed by atoms with E-state index in [2.05, 4.69) is 16.9 Å². The van der Waals surface area contributed by atoms with Crippen LogP contribution in [0.15, 0.2) is 24.9 Å². The molecule has 2 amide bonds. The molecule has 1 aromatic heterocycles. The number of methoxy groups -OCH3 is 1. The molecule has 34 heavy (non-hydrogen) atoms. The number of ether oxygens (including phenoxy) is 1. The molecule has 0 aliphatic carbocycles. The van der Waals surface area contributed by atoms with Crippen LogP contribution in [0.3, 0.4) is 0 Å². The molecule has 0 unspecified atom stereocenters. The maximum absolute atomic E-state index is 13.1. The van der Waals surface area contributed by atoms with Gasteiger partial charge in [0.2, 0.25) is 11.8 Å². The van der Waals surface area contributed by atoms with E-state index in [1.165, 1.54) is 18.3 Å². The second-order valence-corrected chi connectivity index (χ2v) is 23.4. The predicted molar refractivity (Wildman–Crippen MR) is 118 cm³/mol. The minimum atomic E-state index is -2.90. The van der Waals surface area contributed by atoms with Gasteiger partial charge in [-0.05, 0) is 32.9 Å². The van der Waals surface area contributed by atoms with Gasteiger partial charge in [0.1, 0.15) is 0 Å². The molecule has 0 bridgehead atoms. The van der Waals surface area contributed by atoms with Crippen molar-refractivity contribution in [2.24, 2.45) is 0 Å². The third-order valence-electron chi connectivity index (χ3n) is 4.00. The van der Waals surface area contributed by atoms with Crippen LogP contribution in [0.4, 0.5) is 12.7 Å². The maximum atomic E-state index is 13.1. The SMILES string of the molecule is C=Cc1nccc(C(=O)NCC(=O)N2[CH-]CC(F)(F)C2)c1/C=C\C.COC(C)C.F[S-](=[W])=[W].[V+2]. The molecule has 13 heteroatoms. The number of amides is 2. The van der Waals surface area contributed by atoms with E-state index in [9.17, 15) is 22.3 Å². The number of likely N-dealkylation sites (tertiary alicyclic amines) is 1. The van der Waals surface area contributed by atoms with Crippen LogP contribution < -0.4 is 5.32 Å². The van der Waals surface area contributed by atoms with Crippen molar-refractivity contribution in [2.45, 2.75) is 39.2 Å². The minimum Gasteiger partial charge on any atom is 2.00 e. The molecular formula is C21H28F3N3O3SVW2. The molecule has 1 fully saturated rings. The van der Waals surface area contributed by atoms with Gasteiger partial charge in [-0.2, -0.15) is 0 Å². The molecule has 0 spiro atoms. The third-order valence-corrected chi connectivity index (χ3v) is 4.00. The average molecular weight is 878 g/mol. The Hall–Kier alpha value is -0.369. The van der Waals surface area contributed by atoms with E-state index in [0.717, 1.165) is 47.4 Å². The molecule has 2 heterocycles. The molecule has 1 aromatic rings. The van der Waals surface area contributed by atoms with Crippen molar-refractivity contribution in [3.8, 4) is 0 Å². The molecule has 1 saturated heterocycles. The standard InChI is InChI=1S/C17H18F2N3O2.C4H10O.FS.V.2W/c1-3-5-12-13(6-8-20-14(12)4-2)16(24)21-10-15(23)22-9-7-17(18,19)11-22;1-4(2)5-3;1-2;;;/h3-6,8-9H,2,7,10-11H2,1H3,(H,21,24);4H,1-3H3;;;;/q-1;;-1;+2;;/b5-3-;;;;;. The Balaban J connectivity index is 0. The van der Waals surface area contributed by atoms with Crippen LogP contribution in [0.5, 0.6) is 0 Å². The number of hydrogen-bond donors (Lipinski definition) is 1. The second kappa shape index (κ2) is 18.8. The largest absolute Gasteiger partial charge is 2.00 e. The van der Waals surface area contributed by atoms with Gasteiger partial charge in [-0.15, -0.1) is 0 Å². The number of nitrogens with zero attached hydrogens (tertiary/aromatic N) is 2. The summed E-state index contributed by atoms with van der Waals surface area (Å²) >= 11 is 2.15. The van der Waals surface area contributed by atoms with E-state index < -0.39 is 36.4 Å². The number of aromatic nitrogens is 1. The predicted octanol–water partition coefficient (Wildman–Crippen LogP) is 3.97. The van der Waals surface area contributed by atoms with Crippen LogP contribution in [-0.4, -0.2) is 53.9 Å². The van der Waals surface area contributed by atoms with Crippen LogP contribution >= 0.6 is 0 Å². The monoisotopic (exact) mass is 878 g/mol. The quantitative estimate of drug-likeness (QED) is 0.348. The Labute approximate surface area is 232 Å². The molecule has 0 aromatic carbocycles. The van der Waals surface area contributed by atoms with E-state index in [4.69, 9.17) is 4.74 Å². The van der Waals surface area contributed by atoms with Crippen molar-refractivity contribution < 1.29 is 81.5 Å². The summed E-state index contributed by atoms with van der Waals surface area (Å²) in [6.07, 6.45) is 6.39. The van der Waals surface area contributed by atoms with Crippen molar-refractivity contribution in [2.75, 3.05) is 20.2 Å². The number of hydrogen-bond acceptors (Lipinski definition) is 5. The summed E-state index contributed by atoms with van der Waals surface area (Å²) in [7, 11) is 1.70. The summed E-state index contributed by atoms with van der Waals surface area (Å²) in [6.45, 7) is 9.60. The summed E-state index contributed by atoms with van der Waals surface area (Å²) in [5, 5.41) is 2.46. The van der Waals surface area contributed by atoms with Crippen LogP contribution in [0.2, 0.25) is 0 Å². The van der Waals surface area contributed by atoms with Crippen LogP contribution in [0.25, 0.3) is 12.2 Å². The molecule has 1 N–H and O–H groups in total. The summed E-state index contributed by atoms with van der Waals surface area (Å²) in [5.41, 5.74) is 0.764. The summed E-state index contributed by atoms with van der Waals surface area (Å²) < 4.78 is 42.1. The Morgan fingerprint density at radius 1 is 1.44 bits per heavy atom. The number of pyridine rings is 1. The number of allylic oxidation sites excluding steroid dienone is 1. The number of nitrogens with one attached hydrogen (secondary N) is 1. The number of rotatable bonds is 6. The minimum absolute atomic E-state index is 0. The first-order valence-corrected chi connectivity index (χ1v) is 17.9. The fraction of sp³-hybridized carbons (Fsp3) is 0.429. The van der Waals surface area contributed by atoms with Gasteiger partial charge in [0.15, 0.2) is 0 Å². The first-order chi connectivity index (χ1) is 15.4. The fourth-order valence-electron chi connectivity index (χ4n) is 2.36. The van der Waals surface area contributed by atoms with Crippen LogP contribution in [-0.2, 0) is 69.7 Å². The van der Waals surface area contributed by atoms with Gasteiger partial charge in [-0.1, -0.05) is 25.2 Å². The summed E-state index contributed by atoms with van der Waals surface area (Å²) in [6, 6.07) is 1.53. The zero-order valence-corrected chi connectivity index (χ0v) is 27.4.